The summed E-state index contributed by atoms with van der Waals surface area (Å²) in [7, 11) is 0. The number of carbonyl (C=O) groups is 4. The number of H-pyrrole nitrogens is 1. The first-order valence-corrected chi connectivity index (χ1v) is 16.8. The Bertz CT molecular complexity index is 1910. The van der Waals surface area contributed by atoms with Crippen molar-refractivity contribution < 1.29 is 51.3 Å². The van der Waals surface area contributed by atoms with Gasteiger partial charge in [0, 0.05) is 32.5 Å². The number of benzene rings is 1. The summed E-state index contributed by atoms with van der Waals surface area (Å²) >= 11 is 0. The van der Waals surface area contributed by atoms with Gasteiger partial charge in [-0.15, -0.1) is 0 Å². The summed E-state index contributed by atoms with van der Waals surface area (Å²) in [5.41, 5.74) is 2.09. The standard InChI is InChI=1S/C30H34FN9O5.C2HF3O2/c31-24-18-9-16(8-17(18)10-20-25(24)36-21(35-20)11-33-27(42)19-2-1-5-32-19)13-39-6-3-30(4-7-39)15-40(29(43)45-30)22-12-34-28-26(37-22)38-23(41)14-44-28;3-2(4,5)1(6)7/h10,12,16,19,32H,1-9,11,13-15H2,(H,33,42)(H,35,36)(H,37,38,41);(H,6,7)/t16?,19-;/m1./s1. The Kier molecular flexibility index (Phi) is 9.36. The van der Waals surface area contributed by atoms with Crippen molar-refractivity contribution in [2.75, 3.05) is 49.5 Å². The lowest BCUT2D eigenvalue weighted by Crippen LogP contribution is -2.48. The number of alkyl halides is 3. The van der Waals surface area contributed by atoms with Crippen molar-refractivity contribution >= 4 is 46.5 Å². The largest absolute Gasteiger partial charge is 0.490 e. The molecule has 2 aromatic heterocycles. The first kappa shape index (κ1) is 35.3. The molecule has 0 saturated carbocycles. The van der Waals surface area contributed by atoms with E-state index in [2.05, 4.69) is 40.8 Å². The quantitative estimate of drug-likeness (QED) is 0.231. The first-order valence-electron chi connectivity index (χ1n) is 16.8. The fraction of sp³-hybridized carbons (Fsp3) is 0.531. The van der Waals surface area contributed by atoms with Crippen molar-refractivity contribution in [1.29, 1.82) is 0 Å². The van der Waals surface area contributed by atoms with Gasteiger partial charge in [0.25, 0.3) is 11.8 Å². The number of imidazole rings is 1. The predicted octanol–water partition coefficient (Wildman–Crippen LogP) is 2.03. The molecule has 0 bridgehead atoms. The van der Waals surface area contributed by atoms with Gasteiger partial charge in [-0.2, -0.15) is 13.2 Å². The van der Waals surface area contributed by atoms with Gasteiger partial charge in [0.15, 0.2) is 24.1 Å². The van der Waals surface area contributed by atoms with Crippen LogP contribution in [0.2, 0.25) is 0 Å². The Morgan fingerprint density at radius 1 is 1.15 bits per heavy atom. The van der Waals surface area contributed by atoms with E-state index >= 15 is 4.39 Å². The Morgan fingerprint density at radius 3 is 2.63 bits per heavy atom. The Balaban J connectivity index is 0.000000548. The lowest BCUT2D eigenvalue weighted by molar-refractivity contribution is -0.192. The zero-order chi connectivity index (χ0) is 36.8. The Hall–Kier alpha value is -5.11. The minimum absolute atomic E-state index is 0.0543. The van der Waals surface area contributed by atoms with Crippen LogP contribution >= 0.6 is 0 Å². The number of carboxylic acid groups (broad SMARTS) is 1. The molecular weight excluding hydrogens is 698 g/mol. The lowest BCUT2D eigenvalue weighted by Gasteiger charge is -2.38. The molecule has 0 radical (unpaired) electrons. The number of piperidine rings is 1. The highest BCUT2D eigenvalue weighted by Gasteiger charge is 2.48. The monoisotopic (exact) mass is 733 g/mol. The number of rotatable bonds is 6. The molecule has 1 aliphatic carbocycles. The number of amides is 3. The van der Waals surface area contributed by atoms with Gasteiger partial charge in [-0.05, 0) is 55.3 Å². The summed E-state index contributed by atoms with van der Waals surface area (Å²) in [5, 5.41) is 15.8. The second kappa shape index (κ2) is 13.8. The molecule has 3 saturated heterocycles. The summed E-state index contributed by atoms with van der Waals surface area (Å²) in [6.45, 7) is 3.64. The number of anilines is 2. The number of aromatic amines is 1. The highest BCUT2D eigenvalue weighted by Crippen LogP contribution is 2.38. The van der Waals surface area contributed by atoms with Gasteiger partial charge in [-0.25, -0.2) is 28.9 Å². The number of nitrogens with zero attached hydrogens (tertiary/aromatic N) is 5. The summed E-state index contributed by atoms with van der Waals surface area (Å²) < 4.78 is 58.5. The molecule has 5 N–H and O–H groups in total. The molecule has 2 atom stereocenters. The fourth-order valence-electron chi connectivity index (χ4n) is 7.30. The topological polar surface area (TPSA) is 204 Å². The molecule has 1 aromatic carbocycles. The summed E-state index contributed by atoms with van der Waals surface area (Å²) in [6.07, 6.45) is 0.460. The van der Waals surface area contributed by atoms with Crippen LogP contribution in [0.5, 0.6) is 5.88 Å². The average Bonchev–Trinajstić information content (AvgIpc) is 3.91. The lowest BCUT2D eigenvalue weighted by atomic mass is 9.90. The molecule has 278 valence electrons. The fourth-order valence-corrected chi connectivity index (χ4v) is 7.30. The third-order valence-electron chi connectivity index (χ3n) is 9.87. The molecule has 3 fully saturated rings. The summed E-state index contributed by atoms with van der Waals surface area (Å²) in [5.74, 6) is -1.88. The van der Waals surface area contributed by atoms with Crippen LogP contribution in [-0.2, 0) is 38.5 Å². The summed E-state index contributed by atoms with van der Waals surface area (Å²) in [6, 6.07) is 1.83. The van der Waals surface area contributed by atoms with Crippen LogP contribution in [-0.4, -0.2) is 111 Å². The van der Waals surface area contributed by atoms with Crippen LogP contribution in [0.15, 0.2) is 12.3 Å². The Morgan fingerprint density at radius 2 is 1.92 bits per heavy atom. The van der Waals surface area contributed by atoms with E-state index in [4.69, 9.17) is 19.4 Å². The number of likely N-dealkylation sites (tertiary alicyclic amines) is 1. The number of carboxylic acids is 1. The second-order valence-electron chi connectivity index (χ2n) is 13.5. The van der Waals surface area contributed by atoms with E-state index in [0.29, 0.717) is 48.5 Å². The number of fused-ring (bicyclic) bond motifs is 3. The van der Waals surface area contributed by atoms with E-state index in [-0.39, 0.29) is 54.4 Å². The molecule has 8 rings (SSSR count). The van der Waals surface area contributed by atoms with Gasteiger partial charge in [-0.1, -0.05) is 0 Å². The van der Waals surface area contributed by atoms with Crippen molar-refractivity contribution in [2.45, 2.75) is 62.9 Å². The molecular formula is C32H35F4N9O7. The molecule has 16 nitrogen and oxygen atoms in total. The van der Waals surface area contributed by atoms with Crippen LogP contribution in [0.1, 0.15) is 42.6 Å². The van der Waals surface area contributed by atoms with Gasteiger partial charge in [-0.3, -0.25) is 14.5 Å². The van der Waals surface area contributed by atoms with Crippen LogP contribution in [0, 0.1) is 11.7 Å². The SMILES string of the molecule is O=C(O)C(F)(F)F.O=C1COc2ncc(N3CC4(CCN(CC5Cc6cc7[nH]c(CNC(=O)[C@H]8CCCN8)nc7c(F)c6C5)CC4)OC3=O)nc2N1. The number of aliphatic carboxylic acids is 1. The van der Waals surface area contributed by atoms with E-state index in [1.165, 1.54) is 11.1 Å². The van der Waals surface area contributed by atoms with Gasteiger partial charge in [0.1, 0.15) is 16.9 Å². The minimum Gasteiger partial charge on any atom is -0.475 e. The van der Waals surface area contributed by atoms with Crippen molar-refractivity contribution in [3.63, 3.8) is 0 Å². The maximum absolute atomic E-state index is 15.6. The number of nitrogens with one attached hydrogen (secondary N) is 4. The first-order chi connectivity index (χ1) is 24.8. The number of aromatic nitrogens is 4. The van der Waals surface area contributed by atoms with E-state index in [0.717, 1.165) is 56.6 Å². The third kappa shape index (κ3) is 7.29. The molecule has 20 heteroatoms. The van der Waals surface area contributed by atoms with E-state index in [1.807, 2.05) is 6.07 Å². The molecule has 6 heterocycles. The highest BCUT2D eigenvalue weighted by atomic mass is 19.4. The van der Waals surface area contributed by atoms with Gasteiger partial charge in [0.2, 0.25) is 5.91 Å². The number of halogens is 4. The van der Waals surface area contributed by atoms with Crippen LogP contribution in [0.4, 0.5) is 34.0 Å². The second-order valence-corrected chi connectivity index (χ2v) is 13.5. The van der Waals surface area contributed by atoms with Crippen LogP contribution < -0.4 is 25.6 Å². The predicted molar refractivity (Wildman–Crippen MR) is 172 cm³/mol. The molecule has 3 amide bonds. The Labute approximate surface area is 292 Å². The zero-order valence-corrected chi connectivity index (χ0v) is 27.6. The average molecular weight is 734 g/mol. The normalized spacial score (nSPS) is 22.3. The van der Waals surface area contributed by atoms with Crippen molar-refractivity contribution in [3.05, 3.63) is 35.0 Å². The molecule has 52 heavy (non-hydrogen) atoms. The van der Waals surface area contributed by atoms with Crippen molar-refractivity contribution in [1.82, 2.24) is 35.5 Å². The van der Waals surface area contributed by atoms with E-state index < -0.39 is 23.8 Å². The van der Waals surface area contributed by atoms with Gasteiger partial charge in [0.05, 0.1) is 30.8 Å². The van der Waals surface area contributed by atoms with Gasteiger partial charge >= 0.3 is 18.2 Å². The van der Waals surface area contributed by atoms with Crippen molar-refractivity contribution in [3.8, 4) is 5.88 Å². The maximum atomic E-state index is 15.6. The van der Waals surface area contributed by atoms with Crippen LogP contribution in [0.25, 0.3) is 11.0 Å². The number of carbonyl (C=O) groups excluding carboxylic acids is 3. The zero-order valence-electron chi connectivity index (χ0n) is 27.6. The molecule has 3 aromatic rings. The van der Waals surface area contributed by atoms with E-state index in [1.54, 1.807) is 0 Å². The maximum Gasteiger partial charge on any atom is 0.490 e. The van der Waals surface area contributed by atoms with E-state index in [9.17, 15) is 27.6 Å². The minimum atomic E-state index is -5.08. The van der Waals surface area contributed by atoms with Crippen LogP contribution in [0.3, 0.4) is 0 Å². The smallest absolute Gasteiger partial charge is 0.475 e. The number of hydrogen-bond acceptors (Lipinski definition) is 11. The van der Waals surface area contributed by atoms with Crippen molar-refractivity contribution in [2.24, 2.45) is 5.92 Å². The number of hydrogen-bond donors (Lipinski definition) is 5. The summed E-state index contributed by atoms with van der Waals surface area (Å²) in [4.78, 5) is 65.8. The van der Waals surface area contributed by atoms with Gasteiger partial charge < -0.3 is 40.4 Å². The third-order valence-corrected chi connectivity index (χ3v) is 9.87. The molecule has 5 aliphatic rings. The highest BCUT2D eigenvalue weighted by molar-refractivity contribution is 5.95. The molecule has 1 unspecified atom stereocenters. The number of ether oxygens (including phenoxy) is 2. The molecule has 4 aliphatic heterocycles. The molecule has 1 spiro atoms.